The number of Topliss-reactive ketones (excluding diaryl/α,β-unsaturated/α-hetero) is 1. The Kier molecular flexibility index (Phi) is 5.51. The van der Waals surface area contributed by atoms with Gasteiger partial charge in [0.05, 0.1) is 0 Å². The van der Waals surface area contributed by atoms with Gasteiger partial charge in [0.25, 0.3) is 11.8 Å². The van der Waals surface area contributed by atoms with Crippen LogP contribution in [-0.2, 0) is 4.79 Å². The second-order valence-electron chi connectivity index (χ2n) is 4.68. The van der Waals surface area contributed by atoms with Crippen LogP contribution in [-0.4, -0.2) is 29.2 Å². The molecule has 0 saturated carbocycles. The first-order valence-electron chi connectivity index (χ1n) is 7.08. The summed E-state index contributed by atoms with van der Waals surface area (Å²) in [4.78, 5) is 37.4. The number of carbonyl (C=O) groups excluding carboxylic acids is 3. The molecular formula is C16H17N3O4. The Hall–Kier alpha value is -3.09. The molecule has 0 aliphatic rings. The van der Waals surface area contributed by atoms with Gasteiger partial charge in [-0.05, 0) is 36.4 Å². The maximum absolute atomic E-state index is 11.6. The van der Waals surface area contributed by atoms with Crippen molar-refractivity contribution in [2.24, 2.45) is 0 Å². The quantitative estimate of drug-likeness (QED) is 0.555. The summed E-state index contributed by atoms with van der Waals surface area (Å²) in [5.41, 5.74) is 5.44. The van der Waals surface area contributed by atoms with Gasteiger partial charge in [0.1, 0.15) is 11.4 Å². The molecule has 23 heavy (non-hydrogen) atoms. The molecule has 7 nitrogen and oxygen atoms in total. The normalized spacial score (nSPS) is 9.96. The largest absolute Gasteiger partial charge is 0.484 e. The molecule has 7 heteroatoms. The van der Waals surface area contributed by atoms with E-state index in [0.29, 0.717) is 23.4 Å². The Morgan fingerprint density at radius 3 is 2.43 bits per heavy atom. The van der Waals surface area contributed by atoms with Gasteiger partial charge in [0, 0.05) is 18.2 Å². The number of hydrogen-bond donors (Lipinski definition) is 3. The molecule has 0 spiro atoms. The van der Waals surface area contributed by atoms with Gasteiger partial charge in [-0.25, -0.2) is 0 Å². The molecule has 0 saturated heterocycles. The fourth-order valence-corrected chi connectivity index (χ4v) is 1.79. The number of H-pyrrole nitrogens is 1. The van der Waals surface area contributed by atoms with E-state index in [0.717, 1.165) is 0 Å². The van der Waals surface area contributed by atoms with Crippen molar-refractivity contribution in [3.05, 3.63) is 53.9 Å². The van der Waals surface area contributed by atoms with Crippen molar-refractivity contribution in [1.29, 1.82) is 0 Å². The number of aromatic amines is 1. The molecule has 1 aromatic heterocycles. The summed E-state index contributed by atoms with van der Waals surface area (Å²) >= 11 is 0. The van der Waals surface area contributed by atoms with E-state index >= 15 is 0 Å². The van der Waals surface area contributed by atoms with Gasteiger partial charge in [0.15, 0.2) is 12.4 Å². The number of ether oxygens (including phenoxy) is 1. The zero-order valence-corrected chi connectivity index (χ0v) is 12.6. The molecule has 120 valence electrons. The Morgan fingerprint density at radius 2 is 1.83 bits per heavy atom. The summed E-state index contributed by atoms with van der Waals surface area (Å²) < 4.78 is 5.28. The summed E-state index contributed by atoms with van der Waals surface area (Å²) in [5.74, 6) is -0.450. The number of rotatable bonds is 6. The van der Waals surface area contributed by atoms with Crippen molar-refractivity contribution < 1.29 is 19.1 Å². The summed E-state index contributed by atoms with van der Waals surface area (Å²) in [6.45, 7) is 1.53. The number of ketones is 1. The molecule has 0 atom stereocenters. The average Bonchev–Trinajstić information content (AvgIpc) is 3.12. The van der Waals surface area contributed by atoms with Crippen LogP contribution in [0.15, 0.2) is 42.6 Å². The van der Waals surface area contributed by atoms with Crippen molar-refractivity contribution in [3.63, 3.8) is 0 Å². The fraction of sp³-hybridized carbons (Fsp3) is 0.188. The van der Waals surface area contributed by atoms with Crippen LogP contribution in [0.4, 0.5) is 0 Å². The summed E-state index contributed by atoms with van der Waals surface area (Å²) in [6.07, 6.45) is 2.04. The second-order valence-corrected chi connectivity index (χ2v) is 4.68. The van der Waals surface area contributed by atoms with Crippen LogP contribution >= 0.6 is 0 Å². The fourth-order valence-electron chi connectivity index (χ4n) is 1.79. The highest BCUT2D eigenvalue weighted by atomic mass is 16.5. The molecule has 0 aliphatic heterocycles. The average molecular weight is 315 g/mol. The van der Waals surface area contributed by atoms with Crippen molar-refractivity contribution in [2.75, 3.05) is 6.61 Å². The lowest BCUT2D eigenvalue weighted by Crippen LogP contribution is -2.43. The molecule has 0 unspecified atom stereocenters. The molecule has 2 aromatic rings. The van der Waals surface area contributed by atoms with Crippen LogP contribution in [0.5, 0.6) is 5.75 Å². The van der Waals surface area contributed by atoms with E-state index in [9.17, 15) is 14.4 Å². The third-order valence-electron chi connectivity index (χ3n) is 3.03. The first-order chi connectivity index (χ1) is 11.1. The lowest BCUT2D eigenvalue weighted by atomic mass is 10.1. The Labute approximate surface area is 133 Å². The van der Waals surface area contributed by atoms with Crippen molar-refractivity contribution >= 4 is 17.6 Å². The standard InChI is InChI=1S/C16H17N3O4/c1-2-14(20)11-5-7-12(8-6-11)23-10-15(21)18-19-16(22)13-4-3-9-17-13/h3-9,17H,2,10H2,1H3,(H,18,21)(H,19,22). The van der Waals surface area contributed by atoms with Gasteiger partial charge in [-0.2, -0.15) is 0 Å². The number of nitrogens with one attached hydrogen (secondary N) is 3. The number of carbonyl (C=O) groups is 3. The first-order valence-corrected chi connectivity index (χ1v) is 7.08. The van der Waals surface area contributed by atoms with Crippen LogP contribution in [0.2, 0.25) is 0 Å². The van der Waals surface area contributed by atoms with Crippen molar-refractivity contribution in [2.45, 2.75) is 13.3 Å². The monoisotopic (exact) mass is 315 g/mol. The Bertz CT molecular complexity index is 678. The Morgan fingerprint density at radius 1 is 1.09 bits per heavy atom. The van der Waals surface area contributed by atoms with Crippen LogP contribution in [0, 0.1) is 0 Å². The summed E-state index contributed by atoms with van der Waals surface area (Å²) in [5, 5.41) is 0. The number of benzene rings is 1. The maximum Gasteiger partial charge on any atom is 0.286 e. The molecule has 0 fully saturated rings. The predicted molar refractivity (Wildman–Crippen MR) is 83.0 cm³/mol. The van der Waals surface area contributed by atoms with Gasteiger partial charge < -0.3 is 9.72 Å². The number of aromatic nitrogens is 1. The topological polar surface area (TPSA) is 100 Å². The maximum atomic E-state index is 11.6. The predicted octanol–water partition coefficient (Wildman–Crippen LogP) is 1.45. The molecule has 0 bridgehead atoms. The zero-order valence-electron chi connectivity index (χ0n) is 12.6. The van der Waals surface area contributed by atoms with Gasteiger partial charge >= 0.3 is 0 Å². The second kappa shape index (κ2) is 7.79. The highest BCUT2D eigenvalue weighted by Crippen LogP contribution is 2.13. The van der Waals surface area contributed by atoms with Gasteiger partial charge in [-0.15, -0.1) is 0 Å². The van der Waals surface area contributed by atoms with Crippen molar-refractivity contribution in [1.82, 2.24) is 15.8 Å². The zero-order chi connectivity index (χ0) is 16.7. The van der Waals surface area contributed by atoms with Gasteiger partial charge in [-0.3, -0.25) is 25.2 Å². The van der Waals surface area contributed by atoms with E-state index in [-0.39, 0.29) is 12.4 Å². The molecule has 1 aromatic carbocycles. The SMILES string of the molecule is CCC(=O)c1ccc(OCC(=O)NNC(=O)c2ccc[nH]2)cc1. The molecule has 1 heterocycles. The van der Waals surface area contributed by atoms with Crippen LogP contribution < -0.4 is 15.6 Å². The van der Waals surface area contributed by atoms with E-state index in [4.69, 9.17) is 4.74 Å². The Balaban J connectivity index is 1.76. The minimum absolute atomic E-state index is 0.0429. The highest BCUT2D eigenvalue weighted by Gasteiger charge is 2.08. The number of hydrazine groups is 1. The third-order valence-corrected chi connectivity index (χ3v) is 3.03. The molecular weight excluding hydrogens is 298 g/mol. The summed E-state index contributed by atoms with van der Waals surface area (Å²) in [7, 11) is 0. The van der Waals surface area contributed by atoms with Crippen LogP contribution in [0.3, 0.4) is 0 Å². The van der Waals surface area contributed by atoms with Gasteiger partial charge in [-0.1, -0.05) is 6.92 Å². The van der Waals surface area contributed by atoms with E-state index < -0.39 is 11.8 Å². The molecule has 3 N–H and O–H groups in total. The summed E-state index contributed by atoms with van der Waals surface area (Å²) in [6, 6.07) is 9.78. The third kappa shape index (κ3) is 4.70. The van der Waals surface area contributed by atoms with Crippen molar-refractivity contribution in [3.8, 4) is 5.75 Å². The molecule has 2 rings (SSSR count). The highest BCUT2D eigenvalue weighted by molar-refractivity contribution is 5.96. The first kappa shape index (κ1) is 16.3. The number of amides is 2. The van der Waals surface area contributed by atoms with E-state index in [1.54, 1.807) is 49.5 Å². The number of hydrogen-bond acceptors (Lipinski definition) is 4. The smallest absolute Gasteiger partial charge is 0.286 e. The lowest BCUT2D eigenvalue weighted by Gasteiger charge is -2.08. The molecule has 0 aliphatic carbocycles. The van der Waals surface area contributed by atoms with E-state index in [1.807, 2.05) is 0 Å². The molecule has 0 radical (unpaired) electrons. The van der Waals surface area contributed by atoms with Gasteiger partial charge in [0.2, 0.25) is 0 Å². The van der Waals surface area contributed by atoms with Crippen LogP contribution in [0.1, 0.15) is 34.2 Å². The lowest BCUT2D eigenvalue weighted by molar-refractivity contribution is -0.123. The van der Waals surface area contributed by atoms with E-state index in [1.165, 1.54) is 0 Å². The minimum atomic E-state index is -0.501. The van der Waals surface area contributed by atoms with Crippen LogP contribution in [0.25, 0.3) is 0 Å². The van der Waals surface area contributed by atoms with E-state index in [2.05, 4.69) is 15.8 Å². The minimum Gasteiger partial charge on any atom is -0.484 e. The molecule has 2 amide bonds.